The van der Waals surface area contributed by atoms with E-state index in [1.807, 2.05) is 212 Å². The molecule has 5 aromatic heterocycles. The van der Waals surface area contributed by atoms with Crippen molar-refractivity contribution in [3.8, 4) is 67.7 Å². The standard InChI is InChI=1S/C45H28N2O2.C33H22N2O.C21H12ClNO.C12H7BrO.C12H11N/c1-3-10-29(11-4-1)33-14-9-15-34(26-33)47(36-23-24-38-37-16-7-8-17-41(37)48-42(38)28-36)35-22-20-30-18-19-31-21-25-40-44(43(31)39(30)27-35)49-45(46-40)32-12-5-2-6-13-32;1-3-8-22(9-4-1)26-12-7-13-27(20-26)34-28-18-16-23-14-15-24-17-19-30-32(31(24)29(23)21-28)36-33(35-30)25-10-5-2-6-11-25;22-16-10-8-13-6-7-14-9-11-18-20(19(14)17(13)12-16)24-21(23-18)15-4-2-1-3-5-15;13-8-5-6-10-9-3-1-2-4-11(9)14-12(10)7-8;13-12-8-4-7-11(9-12)10-5-2-1-3-6-10/h1-28H;1-21,34H;1-12H;1-7H;1-9H,13H2. The highest BCUT2D eigenvalue weighted by atomic mass is 79.9. The summed E-state index contributed by atoms with van der Waals surface area (Å²) in [5.74, 6) is 1.90. The van der Waals surface area contributed by atoms with E-state index >= 15 is 0 Å². The maximum absolute atomic E-state index is 6.55. The molecule has 0 bridgehead atoms. The topological polar surface area (TPSA) is 146 Å². The van der Waals surface area contributed by atoms with E-state index < -0.39 is 0 Å². The Labute approximate surface area is 795 Å². The van der Waals surface area contributed by atoms with Gasteiger partial charge in [0.25, 0.3) is 0 Å². The van der Waals surface area contributed by atoms with Crippen molar-refractivity contribution in [2.75, 3.05) is 16.0 Å². The van der Waals surface area contributed by atoms with Gasteiger partial charge in [-0.2, -0.15) is 0 Å². The molecule has 0 aliphatic rings. The number of furan rings is 2. The molecule has 0 radical (unpaired) electrons. The molecule has 27 rings (SSSR count). The van der Waals surface area contributed by atoms with E-state index in [0.29, 0.717) is 17.7 Å². The van der Waals surface area contributed by atoms with Crippen molar-refractivity contribution < 1.29 is 22.1 Å². The number of fused-ring (bicyclic) bond motifs is 21. The van der Waals surface area contributed by atoms with Crippen LogP contribution in [0.5, 0.6) is 0 Å². The Morgan fingerprint density at radius 1 is 0.235 bits per heavy atom. The average Bonchev–Trinajstić information content (AvgIpc) is 1.47. The van der Waals surface area contributed by atoms with Crippen LogP contribution < -0.4 is 16.0 Å². The van der Waals surface area contributed by atoms with Gasteiger partial charge in [0.05, 0.1) is 0 Å². The second-order valence-electron chi connectivity index (χ2n) is 33.4. The summed E-state index contributed by atoms with van der Waals surface area (Å²) in [7, 11) is 0. The fourth-order valence-corrected chi connectivity index (χ4v) is 18.7. The molecule has 11 nitrogen and oxygen atoms in total. The van der Waals surface area contributed by atoms with Crippen LogP contribution in [0.1, 0.15) is 0 Å². The Morgan fingerprint density at radius 3 is 1.08 bits per heavy atom. The highest BCUT2D eigenvalue weighted by Crippen LogP contribution is 2.46. The lowest BCUT2D eigenvalue weighted by molar-refractivity contribution is 0.623. The molecule has 0 saturated carbocycles. The zero-order valence-electron chi connectivity index (χ0n) is 73.1. The summed E-state index contributed by atoms with van der Waals surface area (Å²) in [5, 5.41) is 22.2. The van der Waals surface area contributed by atoms with Gasteiger partial charge in [0.2, 0.25) is 17.7 Å². The van der Waals surface area contributed by atoms with Gasteiger partial charge in [-0.05, 0) is 252 Å². The van der Waals surface area contributed by atoms with Crippen LogP contribution in [-0.2, 0) is 0 Å². The first-order chi connectivity index (χ1) is 67.1. The van der Waals surface area contributed by atoms with E-state index in [4.69, 9.17) is 49.4 Å². The van der Waals surface area contributed by atoms with Gasteiger partial charge in [0, 0.05) is 104 Å². The first kappa shape index (κ1) is 83.0. The third-order valence-corrected chi connectivity index (χ3v) is 25.5. The Morgan fingerprint density at radius 2 is 0.581 bits per heavy atom. The number of hydrogen-bond acceptors (Lipinski definition) is 11. The van der Waals surface area contributed by atoms with E-state index in [9.17, 15) is 0 Å². The molecule has 0 amide bonds. The van der Waals surface area contributed by atoms with Crippen LogP contribution >= 0.6 is 27.5 Å². The number of nitrogens with two attached hydrogens (primary N) is 1. The molecule has 0 fully saturated rings. The molecule has 3 N–H and O–H groups in total. The molecule has 0 aliphatic carbocycles. The number of aromatic nitrogens is 3. The summed E-state index contributed by atoms with van der Waals surface area (Å²) in [6.07, 6.45) is 0. The predicted molar refractivity (Wildman–Crippen MR) is 569 cm³/mol. The second-order valence-corrected chi connectivity index (χ2v) is 34.8. The molecule has 22 aromatic carbocycles. The van der Waals surface area contributed by atoms with E-state index in [1.54, 1.807) is 0 Å². The lowest BCUT2D eigenvalue weighted by Crippen LogP contribution is -2.10. The van der Waals surface area contributed by atoms with Gasteiger partial charge in [-0.15, -0.1) is 0 Å². The van der Waals surface area contributed by atoms with Crippen molar-refractivity contribution >= 4 is 203 Å². The molecular weight excluding hydrogens is 1760 g/mol. The van der Waals surface area contributed by atoms with Crippen molar-refractivity contribution in [2.24, 2.45) is 0 Å². The number of halogens is 2. The van der Waals surface area contributed by atoms with Gasteiger partial charge in [0.15, 0.2) is 16.7 Å². The zero-order valence-corrected chi connectivity index (χ0v) is 75.5. The number of oxazole rings is 3. The van der Waals surface area contributed by atoms with Crippen LogP contribution in [0.15, 0.2) is 494 Å². The Balaban J connectivity index is 0.000000104. The van der Waals surface area contributed by atoms with Crippen LogP contribution in [-0.4, -0.2) is 15.0 Å². The Hall–Kier alpha value is -17.4. The normalized spacial score (nSPS) is 11.3. The number of nitrogens with one attached hydrogen (secondary N) is 1. The molecule has 13 heteroatoms. The summed E-state index contributed by atoms with van der Waals surface area (Å²) in [4.78, 5) is 16.7. The molecule has 0 atom stereocenters. The molecular formula is C123H80BrClN6O5. The van der Waals surface area contributed by atoms with E-state index in [1.165, 1.54) is 38.6 Å². The maximum Gasteiger partial charge on any atom is 0.227 e. The lowest BCUT2D eigenvalue weighted by atomic mass is 9.99. The van der Waals surface area contributed by atoms with E-state index in [-0.39, 0.29) is 0 Å². The minimum Gasteiger partial charge on any atom is -0.456 e. The first-order valence-corrected chi connectivity index (χ1v) is 46.1. The number of para-hydroxylation sites is 2. The van der Waals surface area contributed by atoms with Crippen molar-refractivity contribution in [1.82, 2.24) is 15.0 Å². The van der Waals surface area contributed by atoms with Gasteiger partial charge in [0.1, 0.15) is 38.9 Å². The maximum atomic E-state index is 6.55. The first-order valence-electron chi connectivity index (χ1n) is 45.0. The summed E-state index contributed by atoms with van der Waals surface area (Å²) < 4.78 is 32.2. The van der Waals surface area contributed by atoms with Crippen molar-refractivity contribution in [2.45, 2.75) is 0 Å². The van der Waals surface area contributed by atoms with Gasteiger partial charge >= 0.3 is 0 Å². The van der Waals surface area contributed by atoms with Crippen molar-refractivity contribution in [1.29, 1.82) is 0 Å². The Bertz CT molecular complexity index is 9140. The molecule has 0 saturated heterocycles. The fraction of sp³-hybridized carbons (Fsp3) is 0. The van der Waals surface area contributed by atoms with Gasteiger partial charge in [-0.3, -0.25) is 0 Å². The van der Waals surface area contributed by atoms with E-state index in [0.717, 1.165) is 197 Å². The predicted octanol–water partition coefficient (Wildman–Crippen LogP) is 35.8. The van der Waals surface area contributed by atoms with Crippen LogP contribution in [0.2, 0.25) is 5.02 Å². The third kappa shape index (κ3) is 16.7. The average molecular weight is 1840 g/mol. The lowest BCUT2D eigenvalue weighted by Gasteiger charge is -2.26. The van der Waals surface area contributed by atoms with Gasteiger partial charge in [-0.1, -0.05) is 319 Å². The minimum atomic E-state index is 0.620. The second kappa shape index (κ2) is 36.4. The molecule has 646 valence electrons. The molecule has 0 aliphatic heterocycles. The SMILES string of the molecule is Brc1ccc2c(c1)oc1ccccc12.Clc1ccc2ccc3ccc4nc(-c5ccccc5)oc4c3c2c1.Nc1cccc(-c2ccccc2)c1.c1ccc(-c2cccc(N(c3ccc4c(c3)oc3ccccc34)c3ccc4ccc5ccc6nc(-c7ccccc7)oc6c5c4c3)c2)cc1.c1ccc(-c2cccc(Nc3ccc4ccc5ccc6nc(-c7ccccc7)oc6c5c4c3)c2)cc1. The molecule has 27 aromatic rings. The summed E-state index contributed by atoms with van der Waals surface area (Å²) in [6, 6.07) is 160. The number of benzene rings is 22. The molecule has 5 heterocycles. The molecule has 0 unspecified atom stereocenters. The van der Waals surface area contributed by atoms with Gasteiger partial charge < -0.3 is 38.0 Å². The smallest absolute Gasteiger partial charge is 0.227 e. The summed E-state index contributed by atoms with van der Waals surface area (Å²) >= 11 is 9.65. The number of nitrogens with zero attached hydrogens (tertiary/aromatic N) is 4. The van der Waals surface area contributed by atoms with Crippen LogP contribution in [0.3, 0.4) is 0 Å². The monoisotopic (exact) mass is 1830 g/mol. The number of hydrogen-bond donors (Lipinski definition) is 2. The van der Waals surface area contributed by atoms with Crippen molar-refractivity contribution in [3.05, 3.63) is 477 Å². The quantitative estimate of drug-likeness (QED) is 0.0943. The fourth-order valence-electron chi connectivity index (χ4n) is 18.2. The number of anilines is 6. The van der Waals surface area contributed by atoms with E-state index in [2.05, 4.69) is 286 Å². The highest BCUT2D eigenvalue weighted by Gasteiger charge is 2.22. The van der Waals surface area contributed by atoms with Crippen LogP contribution in [0.25, 0.3) is 210 Å². The largest absolute Gasteiger partial charge is 0.456 e. The number of nitrogen functional groups attached to an aromatic ring is 1. The molecule has 0 spiro atoms. The minimum absolute atomic E-state index is 0.620. The van der Waals surface area contributed by atoms with Crippen LogP contribution in [0, 0.1) is 0 Å². The molecule has 136 heavy (non-hydrogen) atoms. The van der Waals surface area contributed by atoms with Crippen LogP contribution in [0.4, 0.5) is 34.1 Å². The zero-order chi connectivity index (χ0) is 90.9. The van der Waals surface area contributed by atoms with Gasteiger partial charge in [-0.25, -0.2) is 15.0 Å². The highest BCUT2D eigenvalue weighted by molar-refractivity contribution is 9.10. The summed E-state index contributed by atoms with van der Waals surface area (Å²) in [6.45, 7) is 0. The Kier molecular flexibility index (Phi) is 22.2. The summed E-state index contributed by atoms with van der Waals surface area (Å²) in [5.41, 5.74) is 30.2. The number of rotatable bonds is 11. The van der Waals surface area contributed by atoms with Crippen molar-refractivity contribution in [3.63, 3.8) is 0 Å². The third-order valence-electron chi connectivity index (χ3n) is 24.8.